The van der Waals surface area contributed by atoms with Gasteiger partial charge in [0.1, 0.15) is 0 Å². The first-order chi connectivity index (χ1) is 11.7. The van der Waals surface area contributed by atoms with Gasteiger partial charge in [0.2, 0.25) is 5.91 Å². The van der Waals surface area contributed by atoms with E-state index in [4.69, 9.17) is 4.74 Å². The van der Waals surface area contributed by atoms with Crippen LogP contribution in [0.2, 0.25) is 0 Å². The Morgan fingerprint density at radius 1 is 1.29 bits per heavy atom. The fourth-order valence-electron chi connectivity index (χ4n) is 3.75. The second-order valence-electron chi connectivity index (χ2n) is 7.32. The Hall–Kier alpha value is -1.46. The molecule has 5 nitrogen and oxygen atoms in total. The minimum absolute atomic E-state index is 0.142. The molecule has 2 atom stereocenters. The predicted octanol–water partition coefficient (Wildman–Crippen LogP) is 1.88. The van der Waals surface area contributed by atoms with Crippen LogP contribution < -0.4 is 5.32 Å². The number of aromatic nitrogens is 1. The van der Waals surface area contributed by atoms with Crippen LogP contribution in [0, 0.1) is 11.8 Å². The normalized spacial score (nSPS) is 25.7. The monoisotopic (exact) mass is 331 g/mol. The third-order valence-corrected chi connectivity index (χ3v) is 5.41. The summed E-state index contributed by atoms with van der Waals surface area (Å²) in [5, 5.41) is 3.21. The maximum absolute atomic E-state index is 12.3. The molecule has 5 heteroatoms. The Labute approximate surface area is 144 Å². The zero-order valence-corrected chi connectivity index (χ0v) is 14.6. The number of carbonyl (C=O) groups is 1. The average Bonchev–Trinajstić information content (AvgIpc) is 3.02. The predicted molar refractivity (Wildman–Crippen MR) is 93.6 cm³/mol. The topological polar surface area (TPSA) is 54.5 Å². The molecular weight excluding hydrogens is 302 g/mol. The highest BCUT2D eigenvalue weighted by Gasteiger charge is 2.29. The van der Waals surface area contributed by atoms with Crippen LogP contribution in [0.4, 0.5) is 0 Å². The SMILES string of the molecule is CN1CCC(CCC(=O)N[C@@H]2COC[C@H]2Cc2ccncc2)CC1. The number of rotatable bonds is 6. The third kappa shape index (κ3) is 5.02. The number of piperidine rings is 1. The van der Waals surface area contributed by atoms with E-state index in [2.05, 4.69) is 22.2 Å². The van der Waals surface area contributed by atoms with E-state index in [9.17, 15) is 4.79 Å². The molecule has 2 saturated heterocycles. The van der Waals surface area contributed by atoms with Crippen LogP contribution in [0.5, 0.6) is 0 Å². The Bertz CT molecular complexity index is 515. The molecule has 1 N–H and O–H groups in total. The van der Waals surface area contributed by atoms with E-state index in [1.54, 1.807) is 0 Å². The Morgan fingerprint density at radius 2 is 2.04 bits per heavy atom. The van der Waals surface area contributed by atoms with Crippen molar-refractivity contribution in [3.8, 4) is 0 Å². The lowest BCUT2D eigenvalue weighted by atomic mass is 9.92. The van der Waals surface area contributed by atoms with Gasteiger partial charge in [-0.25, -0.2) is 0 Å². The van der Waals surface area contributed by atoms with Crippen LogP contribution in [-0.4, -0.2) is 55.2 Å². The number of hydrogen-bond acceptors (Lipinski definition) is 4. The van der Waals surface area contributed by atoms with Gasteiger partial charge in [-0.1, -0.05) is 0 Å². The molecule has 0 saturated carbocycles. The van der Waals surface area contributed by atoms with E-state index in [0.29, 0.717) is 24.9 Å². The highest BCUT2D eigenvalue weighted by atomic mass is 16.5. The van der Waals surface area contributed by atoms with Gasteiger partial charge in [0.05, 0.1) is 19.3 Å². The van der Waals surface area contributed by atoms with E-state index in [-0.39, 0.29) is 11.9 Å². The Balaban J connectivity index is 1.41. The van der Waals surface area contributed by atoms with Crippen molar-refractivity contribution in [1.82, 2.24) is 15.2 Å². The van der Waals surface area contributed by atoms with Crippen molar-refractivity contribution in [3.63, 3.8) is 0 Å². The second kappa shape index (κ2) is 8.58. The number of amides is 1. The average molecular weight is 331 g/mol. The van der Waals surface area contributed by atoms with Crippen molar-refractivity contribution in [2.75, 3.05) is 33.4 Å². The van der Waals surface area contributed by atoms with Crippen molar-refractivity contribution >= 4 is 5.91 Å². The quantitative estimate of drug-likeness (QED) is 0.865. The summed E-state index contributed by atoms with van der Waals surface area (Å²) in [6.45, 7) is 3.69. The first-order valence-electron chi connectivity index (χ1n) is 9.15. The minimum atomic E-state index is 0.142. The number of nitrogens with one attached hydrogen (secondary N) is 1. The van der Waals surface area contributed by atoms with Crippen LogP contribution in [0.3, 0.4) is 0 Å². The summed E-state index contributed by atoms with van der Waals surface area (Å²) in [5.74, 6) is 1.25. The van der Waals surface area contributed by atoms with E-state index in [0.717, 1.165) is 32.5 Å². The van der Waals surface area contributed by atoms with E-state index < -0.39 is 0 Å². The molecule has 1 amide bonds. The summed E-state index contributed by atoms with van der Waals surface area (Å²) < 4.78 is 5.61. The molecule has 0 aliphatic carbocycles. The number of nitrogens with zero attached hydrogens (tertiary/aromatic N) is 2. The van der Waals surface area contributed by atoms with Crippen LogP contribution in [0.15, 0.2) is 24.5 Å². The Morgan fingerprint density at radius 3 is 2.79 bits per heavy atom. The summed E-state index contributed by atoms with van der Waals surface area (Å²) in [6.07, 6.45) is 8.68. The molecule has 2 aliphatic rings. The van der Waals surface area contributed by atoms with Gasteiger partial charge in [-0.05, 0) is 69.4 Å². The largest absolute Gasteiger partial charge is 0.379 e. The summed E-state index contributed by atoms with van der Waals surface area (Å²) in [5.41, 5.74) is 1.26. The minimum Gasteiger partial charge on any atom is -0.379 e. The summed E-state index contributed by atoms with van der Waals surface area (Å²) in [7, 11) is 2.17. The first kappa shape index (κ1) is 17.4. The highest BCUT2D eigenvalue weighted by molar-refractivity contribution is 5.76. The lowest BCUT2D eigenvalue weighted by Gasteiger charge is -2.29. The van der Waals surface area contributed by atoms with Gasteiger partial charge in [0, 0.05) is 24.7 Å². The van der Waals surface area contributed by atoms with Gasteiger partial charge < -0.3 is 15.0 Å². The molecule has 0 unspecified atom stereocenters. The van der Waals surface area contributed by atoms with E-state index in [1.165, 1.54) is 18.4 Å². The van der Waals surface area contributed by atoms with Gasteiger partial charge in [-0.2, -0.15) is 0 Å². The molecule has 0 spiro atoms. The zero-order chi connectivity index (χ0) is 16.8. The summed E-state index contributed by atoms with van der Waals surface area (Å²) >= 11 is 0. The molecule has 2 fully saturated rings. The molecule has 1 aromatic rings. The fourth-order valence-corrected chi connectivity index (χ4v) is 3.75. The lowest BCUT2D eigenvalue weighted by Crippen LogP contribution is -2.40. The van der Waals surface area contributed by atoms with Gasteiger partial charge in [-0.15, -0.1) is 0 Å². The smallest absolute Gasteiger partial charge is 0.220 e. The van der Waals surface area contributed by atoms with Crippen molar-refractivity contribution in [3.05, 3.63) is 30.1 Å². The zero-order valence-electron chi connectivity index (χ0n) is 14.6. The van der Waals surface area contributed by atoms with Gasteiger partial charge in [0.25, 0.3) is 0 Å². The number of hydrogen-bond donors (Lipinski definition) is 1. The maximum Gasteiger partial charge on any atom is 0.220 e. The summed E-state index contributed by atoms with van der Waals surface area (Å²) in [6, 6.07) is 4.22. The number of likely N-dealkylation sites (tertiary alicyclic amines) is 1. The highest BCUT2D eigenvalue weighted by Crippen LogP contribution is 2.22. The molecule has 0 bridgehead atoms. The van der Waals surface area contributed by atoms with Crippen LogP contribution in [0.1, 0.15) is 31.2 Å². The molecule has 24 heavy (non-hydrogen) atoms. The van der Waals surface area contributed by atoms with Crippen molar-refractivity contribution < 1.29 is 9.53 Å². The second-order valence-corrected chi connectivity index (χ2v) is 7.32. The van der Waals surface area contributed by atoms with Crippen molar-refractivity contribution in [1.29, 1.82) is 0 Å². The third-order valence-electron chi connectivity index (χ3n) is 5.41. The van der Waals surface area contributed by atoms with Crippen molar-refractivity contribution in [2.24, 2.45) is 11.8 Å². The molecule has 2 aliphatic heterocycles. The maximum atomic E-state index is 12.3. The van der Waals surface area contributed by atoms with Crippen LogP contribution >= 0.6 is 0 Å². The molecule has 0 radical (unpaired) electrons. The number of carbonyl (C=O) groups excluding carboxylic acids is 1. The number of ether oxygens (including phenoxy) is 1. The van der Waals surface area contributed by atoms with Gasteiger partial charge >= 0.3 is 0 Å². The standard InChI is InChI=1S/C19H29N3O2/c1-22-10-6-15(7-11-22)2-3-19(23)21-18-14-24-13-17(18)12-16-4-8-20-9-5-16/h4-5,8-9,15,17-18H,2-3,6-7,10-14H2,1H3,(H,21,23)/t17-,18-/m1/s1. The molecule has 3 heterocycles. The molecular formula is C19H29N3O2. The lowest BCUT2D eigenvalue weighted by molar-refractivity contribution is -0.122. The van der Waals surface area contributed by atoms with Crippen LogP contribution in [0.25, 0.3) is 0 Å². The summed E-state index contributed by atoms with van der Waals surface area (Å²) in [4.78, 5) is 18.7. The Kier molecular flexibility index (Phi) is 6.21. The van der Waals surface area contributed by atoms with E-state index >= 15 is 0 Å². The molecule has 132 valence electrons. The van der Waals surface area contributed by atoms with Crippen LogP contribution in [-0.2, 0) is 16.0 Å². The van der Waals surface area contributed by atoms with E-state index in [1.807, 2.05) is 24.5 Å². The molecule has 3 rings (SSSR count). The fraction of sp³-hybridized carbons (Fsp3) is 0.684. The first-order valence-corrected chi connectivity index (χ1v) is 9.15. The molecule has 1 aromatic heterocycles. The van der Waals surface area contributed by atoms with Crippen molar-refractivity contribution in [2.45, 2.75) is 38.1 Å². The van der Waals surface area contributed by atoms with Gasteiger partial charge in [-0.3, -0.25) is 9.78 Å². The molecule has 0 aromatic carbocycles. The number of pyridine rings is 1. The van der Waals surface area contributed by atoms with Gasteiger partial charge in [0.15, 0.2) is 0 Å².